The van der Waals surface area contributed by atoms with Crippen LogP contribution in [0.25, 0.3) is 0 Å². The first-order valence-corrected chi connectivity index (χ1v) is 3.92. The molecule has 12 heavy (non-hydrogen) atoms. The number of aliphatic hydroxyl groups is 1. The van der Waals surface area contributed by atoms with Crippen molar-refractivity contribution < 1.29 is 5.11 Å². The third-order valence-corrected chi connectivity index (χ3v) is 1.74. The summed E-state index contributed by atoms with van der Waals surface area (Å²) in [6.45, 7) is 2.37. The summed E-state index contributed by atoms with van der Waals surface area (Å²) >= 11 is 0. The van der Waals surface area contributed by atoms with E-state index >= 15 is 0 Å². The fourth-order valence-electron chi connectivity index (χ4n) is 1.11. The van der Waals surface area contributed by atoms with E-state index in [-0.39, 0.29) is 0 Å². The van der Waals surface area contributed by atoms with Gasteiger partial charge in [-0.25, -0.2) is 0 Å². The normalized spacial score (nSPS) is 12.9. The molecule has 0 spiro atoms. The summed E-state index contributed by atoms with van der Waals surface area (Å²) in [5, 5.41) is 9.50. The van der Waals surface area contributed by atoms with Gasteiger partial charge in [0.15, 0.2) is 0 Å². The van der Waals surface area contributed by atoms with Crippen LogP contribution in [0.5, 0.6) is 0 Å². The van der Waals surface area contributed by atoms with E-state index < -0.39 is 6.10 Å². The number of hydrogen-bond acceptors (Lipinski definition) is 3. The summed E-state index contributed by atoms with van der Waals surface area (Å²) in [5.74, 6) is 5.09. The number of benzene rings is 1. The SMILES string of the molecule is Cc1cccc(C(O)CNN)c1. The van der Waals surface area contributed by atoms with Crippen LogP contribution in [0, 0.1) is 6.92 Å². The summed E-state index contributed by atoms with van der Waals surface area (Å²) < 4.78 is 0. The summed E-state index contributed by atoms with van der Waals surface area (Å²) in [6, 6.07) is 7.74. The molecule has 1 aromatic carbocycles. The number of nitrogens with two attached hydrogens (primary N) is 1. The Morgan fingerprint density at radius 1 is 1.58 bits per heavy atom. The highest BCUT2D eigenvalue weighted by molar-refractivity contribution is 5.24. The van der Waals surface area contributed by atoms with Gasteiger partial charge in [0.2, 0.25) is 0 Å². The predicted octanol–water partition coefficient (Wildman–Crippen LogP) is 0.492. The largest absolute Gasteiger partial charge is 0.387 e. The lowest BCUT2D eigenvalue weighted by molar-refractivity contribution is 0.175. The van der Waals surface area contributed by atoms with Gasteiger partial charge in [0, 0.05) is 6.54 Å². The zero-order valence-electron chi connectivity index (χ0n) is 7.12. The Morgan fingerprint density at radius 2 is 2.33 bits per heavy atom. The topological polar surface area (TPSA) is 58.3 Å². The fourth-order valence-corrected chi connectivity index (χ4v) is 1.11. The van der Waals surface area contributed by atoms with Crippen LogP contribution in [0.1, 0.15) is 17.2 Å². The lowest BCUT2D eigenvalue weighted by atomic mass is 10.1. The van der Waals surface area contributed by atoms with Crippen molar-refractivity contribution in [1.82, 2.24) is 5.43 Å². The Hall–Kier alpha value is -0.900. The Bertz CT molecular complexity index is 250. The number of hydrazine groups is 1. The smallest absolute Gasteiger partial charge is 0.0928 e. The van der Waals surface area contributed by atoms with Crippen molar-refractivity contribution in [3.05, 3.63) is 35.4 Å². The van der Waals surface area contributed by atoms with Gasteiger partial charge in [0.05, 0.1) is 6.10 Å². The molecule has 0 amide bonds. The first-order valence-electron chi connectivity index (χ1n) is 3.92. The van der Waals surface area contributed by atoms with Gasteiger partial charge in [-0.3, -0.25) is 11.3 Å². The van der Waals surface area contributed by atoms with E-state index in [0.717, 1.165) is 11.1 Å². The van der Waals surface area contributed by atoms with E-state index in [1.807, 2.05) is 31.2 Å². The average molecular weight is 166 g/mol. The second-order valence-electron chi connectivity index (χ2n) is 2.84. The third-order valence-electron chi connectivity index (χ3n) is 1.74. The van der Waals surface area contributed by atoms with Crippen molar-refractivity contribution >= 4 is 0 Å². The van der Waals surface area contributed by atoms with E-state index in [2.05, 4.69) is 5.43 Å². The molecule has 0 bridgehead atoms. The van der Waals surface area contributed by atoms with Crippen molar-refractivity contribution in [3.8, 4) is 0 Å². The van der Waals surface area contributed by atoms with E-state index in [1.54, 1.807) is 0 Å². The van der Waals surface area contributed by atoms with Crippen molar-refractivity contribution in [1.29, 1.82) is 0 Å². The molecule has 0 fully saturated rings. The maximum absolute atomic E-state index is 9.50. The molecule has 0 aliphatic heterocycles. The van der Waals surface area contributed by atoms with Gasteiger partial charge < -0.3 is 5.11 Å². The van der Waals surface area contributed by atoms with Gasteiger partial charge in [-0.2, -0.15) is 0 Å². The lowest BCUT2D eigenvalue weighted by Gasteiger charge is -2.09. The molecule has 1 aromatic rings. The molecule has 0 heterocycles. The van der Waals surface area contributed by atoms with Crippen LogP contribution in [-0.4, -0.2) is 11.7 Å². The molecule has 3 nitrogen and oxygen atoms in total. The van der Waals surface area contributed by atoms with E-state index in [9.17, 15) is 5.11 Å². The molecule has 1 rings (SSSR count). The molecule has 66 valence electrons. The van der Waals surface area contributed by atoms with Gasteiger partial charge in [-0.15, -0.1) is 0 Å². The minimum absolute atomic E-state index is 0.378. The Balaban J connectivity index is 2.73. The van der Waals surface area contributed by atoms with Crippen LogP contribution in [0.4, 0.5) is 0 Å². The molecule has 0 aliphatic rings. The van der Waals surface area contributed by atoms with Crippen molar-refractivity contribution in [2.75, 3.05) is 6.54 Å². The van der Waals surface area contributed by atoms with Gasteiger partial charge >= 0.3 is 0 Å². The third kappa shape index (κ3) is 2.30. The van der Waals surface area contributed by atoms with Crippen LogP contribution in [0.2, 0.25) is 0 Å². The summed E-state index contributed by atoms with van der Waals surface area (Å²) in [4.78, 5) is 0. The lowest BCUT2D eigenvalue weighted by Crippen LogP contribution is -2.27. The molecule has 0 saturated heterocycles. The first-order chi connectivity index (χ1) is 5.74. The maximum Gasteiger partial charge on any atom is 0.0928 e. The minimum atomic E-state index is -0.519. The molecule has 0 radical (unpaired) electrons. The highest BCUT2D eigenvalue weighted by Gasteiger charge is 2.04. The second-order valence-corrected chi connectivity index (χ2v) is 2.84. The minimum Gasteiger partial charge on any atom is -0.387 e. The number of rotatable bonds is 3. The van der Waals surface area contributed by atoms with Crippen molar-refractivity contribution in [3.63, 3.8) is 0 Å². The van der Waals surface area contributed by atoms with Crippen LogP contribution >= 0.6 is 0 Å². The number of aliphatic hydroxyl groups excluding tert-OH is 1. The number of hydrogen-bond donors (Lipinski definition) is 3. The van der Waals surface area contributed by atoms with E-state index in [1.165, 1.54) is 0 Å². The van der Waals surface area contributed by atoms with Gasteiger partial charge in [0.1, 0.15) is 0 Å². The molecular formula is C9H14N2O. The molecule has 1 unspecified atom stereocenters. The monoisotopic (exact) mass is 166 g/mol. The molecule has 0 aromatic heterocycles. The average Bonchev–Trinajstić information content (AvgIpc) is 2.05. The predicted molar refractivity (Wildman–Crippen MR) is 48.3 cm³/mol. The molecule has 0 saturated carbocycles. The highest BCUT2D eigenvalue weighted by atomic mass is 16.3. The van der Waals surface area contributed by atoms with Crippen molar-refractivity contribution in [2.24, 2.45) is 5.84 Å². The zero-order chi connectivity index (χ0) is 8.97. The Morgan fingerprint density at radius 3 is 2.92 bits per heavy atom. The Kier molecular flexibility index (Phi) is 3.22. The van der Waals surface area contributed by atoms with E-state index in [0.29, 0.717) is 6.54 Å². The maximum atomic E-state index is 9.50. The van der Waals surface area contributed by atoms with Gasteiger partial charge in [-0.1, -0.05) is 29.8 Å². The second kappa shape index (κ2) is 4.21. The number of nitrogens with one attached hydrogen (secondary N) is 1. The summed E-state index contributed by atoms with van der Waals surface area (Å²) in [5.41, 5.74) is 4.47. The van der Waals surface area contributed by atoms with Gasteiger partial charge in [-0.05, 0) is 12.5 Å². The van der Waals surface area contributed by atoms with Crippen LogP contribution < -0.4 is 11.3 Å². The van der Waals surface area contributed by atoms with Crippen LogP contribution in [0.15, 0.2) is 24.3 Å². The molecular weight excluding hydrogens is 152 g/mol. The highest BCUT2D eigenvalue weighted by Crippen LogP contribution is 2.12. The van der Waals surface area contributed by atoms with Crippen LogP contribution in [0.3, 0.4) is 0 Å². The molecule has 3 heteroatoms. The van der Waals surface area contributed by atoms with E-state index in [4.69, 9.17) is 5.84 Å². The first kappa shape index (κ1) is 9.19. The number of aryl methyl sites for hydroxylation is 1. The standard InChI is InChI=1S/C9H14N2O/c1-7-3-2-4-8(5-7)9(12)6-11-10/h2-5,9,11-12H,6,10H2,1H3. The quantitative estimate of drug-likeness (QED) is 0.452. The Labute approximate surface area is 72.2 Å². The molecule has 1 atom stereocenters. The molecule has 0 aliphatic carbocycles. The summed E-state index contributed by atoms with van der Waals surface area (Å²) in [6.07, 6.45) is -0.519. The molecule has 4 N–H and O–H groups in total. The van der Waals surface area contributed by atoms with Crippen LogP contribution in [-0.2, 0) is 0 Å². The van der Waals surface area contributed by atoms with Crippen molar-refractivity contribution in [2.45, 2.75) is 13.0 Å². The summed E-state index contributed by atoms with van der Waals surface area (Å²) in [7, 11) is 0. The zero-order valence-corrected chi connectivity index (χ0v) is 7.12. The fraction of sp³-hybridized carbons (Fsp3) is 0.333. The van der Waals surface area contributed by atoms with Gasteiger partial charge in [0.25, 0.3) is 0 Å².